The van der Waals surface area contributed by atoms with Crippen molar-refractivity contribution < 1.29 is 14.3 Å². The maximum absolute atomic E-state index is 11.6. The molecule has 0 amide bonds. The van der Waals surface area contributed by atoms with Crippen LogP contribution in [0.5, 0.6) is 5.75 Å². The van der Waals surface area contributed by atoms with E-state index in [9.17, 15) is 4.79 Å². The van der Waals surface area contributed by atoms with Crippen LogP contribution >= 0.6 is 0 Å². The number of cyclic esters (lactones) is 1. The molecular formula is C12H12O3. The number of fused-ring (bicyclic) bond motifs is 1. The minimum absolute atomic E-state index is 0.335. The first kappa shape index (κ1) is 9.77. The van der Waals surface area contributed by atoms with Crippen molar-refractivity contribution in [2.75, 3.05) is 7.11 Å². The molecule has 0 aromatic heterocycles. The van der Waals surface area contributed by atoms with Crippen LogP contribution in [0.4, 0.5) is 0 Å². The normalized spacial score (nSPS) is 13.5. The standard InChI is InChI=1S/C12H12O3/c1-7(2)11-8-5-4-6-9(14-3)10(8)12(13)15-11/h4-6H,1-3H3. The molecule has 0 spiro atoms. The highest BCUT2D eigenvalue weighted by Crippen LogP contribution is 2.36. The van der Waals surface area contributed by atoms with Crippen LogP contribution in [0.1, 0.15) is 29.8 Å². The van der Waals surface area contributed by atoms with E-state index in [1.54, 1.807) is 13.2 Å². The summed E-state index contributed by atoms with van der Waals surface area (Å²) in [4.78, 5) is 11.6. The van der Waals surface area contributed by atoms with Gasteiger partial charge in [0.05, 0.1) is 7.11 Å². The summed E-state index contributed by atoms with van der Waals surface area (Å²) >= 11 is 0. The van der Waals surface area contributed by atoms with Gasteiger partial charge in [0.15, 0.2) is 0 Å². The Morgan fingerprint density at radius 1 is 1.33 bits per heavy atom. The minimum atomic E-state index is -0.335. The van der Waals surface area contributed by atoms with E-state index >= 15 is 0 Å². The van der Waals surface area contributed by atoms with Gasteiger partial charge in [0, 0.05) is 5.56 Å². The summed E-state index contributed by atoms with van der Waals surface area (Å²) in [5.41, 5.74) is 2.32. The van der Waals surface area contributed by atoms with E-state index in [-0.39, 0.29) is 5.97 Å². The number of esters is 1. The summed E-state index contributed by atoms with van der Waals surface area (Å²) in [6, 6.07) is 5.47. The Kier molecular flexibility index (Phi) is 2.23. The predicted octanol–water partition coefficient (Wildman–Crippen LogP) is 2.62. The van der Waals surface area contributed by atoms with Crippen LogP contribution in [0.25, 0.3) is 5.76 Å². The molecule has 3 nitrogen and oxygen atoms in total. The third kappa shape index (κ3) is 1.40. The Morgan fingerprint density at radius 3 is 2.67 bits per heavy atom. The first-order valence-corrected chi connectivity index (χ1v) is 4.72. The zero-order valence-corrected chi connectivity index (χ0v) is 8.96. The molecule has 78 valence electrons. The van der Waals surface area contributed by atoms with Gasteiger partial charge in [0.2, 0.25) is 0 Å². The van der Waals surface area contributed by atoms with Crippen molar-refractivity contribution >= 4 is 11.7 Å². The summed E-state index contributed by atoms with van der Waals surface area (Å²) in [7, 11) is 1.55. The zero-order valence-electron chi connectivity index (χ0n) is 8.96. The molecule has 0 N–H and O–H groups in total. The summed E-state index contributed by atoms with van der Waals surface area (Å²) in [6.07, 6.45) is 0. The highest BCUT2D eigenvalue weighted by Gasteiger charge is 2.30. The van der Waals surface area contributed by atoms with Gasteiger partial charge in [-0.3, -0.25) is 0 Å². The van der Waals surface area contributed by atoms with E-state index < -0.39 is 0 Å². The number of hydrogen-bond donors (Lipinski definition) is 0. The number of allylic oxidation sites excluding steroid dienone is 1. The SMILES string of the molecule is COc1cccc2c1C(=O)OC2=C(C)C. The van der Waals surface area contributed by atoms with Gasteiger partial charge < -0.3 is 9.47 Å². The lowest BCUT2D eigenvalue weighted by molar-refractivity contribution is 0.0711. The largest absolute Gasteiger partial charge is 0.496 e. The van der Waals surface area contributed by atoms with E-state index in [4.69, 9.17) is 9.47 Å². The third-order valence-electron chi connectivity index (χ3n) is 2.34. The Labute approximate surface area is 88.3 Å². The van der Waals surface area contributed by atoms with Gasteiger partial charge in [-0.15, -0.1) is 0 Å². The molecule has 0 unspecified atom stereocenters. The summed E-state index contributed by atoms with van der Waals surface area (Å²) in [5.74, 6) is 0.876. The fourth-order valence-electron chi connectivity index (χ4n) is 1.67. The number of ether oxygens (including phenoxy) is 2. The topological polar surface area (TPSA) is 35.5 Å². The first-order valence-electron chi connectivity index (χ1n) is 4.72. The molecule has 1 aliphatic heterocycles. The number of benzene rings is 1. The molecule has 1 aromatic rings. The second-order valence-corrected chi connectivity index (χ2v) is 3.60. The van der Waals surface area contributed by atoms with Gasteiger partial charge in [-0.2, -0.15) is 0 Å². The molecule has 0 radical (unpaired) electrons. The minimum Gasteiger partial charge on any atom is -0.496 e. The fraction of sp³-hybridized carbons (Fsp3) is 0.250. The van der Waals surface area contributed by atoms with Crippen molar-refractivity contribution in [1.82, 2.24) is 0 Å². The van der Waals surface area contributed by atoms with Crippen LogP contribution < -0.4 is 4.74 Å². The highest BCUT2D eigenvalue weighted by atomic mass is 16.5. The number of carbonyl (C=O) groups is 1. The van der Waals surface area contributed by atoms with E-state index in [1.165, 1.54) is 0 Å². The van der Waals surface area contributed by atoms with Crippen LogP contribution in [-0.2, 0) is 4.74 Å². The van der Waals surface area contributed by atoms with Crippen molar-refractivity contribution in [3.8, 4) is 5.75 Å². The molecule has 0 atom stereocenters. The molecule has 0 saturated heterocycles. The maximum Gasteiger partial charge on any atom is 0.348 e. The van der Waals surface area contributed by atoms with Gasteiger partial charge in [-0.05, 0) is 25.5 Å². The monoisotopic (exact) mass is 204 g/mol. The lowest BCUT2D eigenvalue weighted by Gasteiger charge is -2.02. The fourth-order valence-corrected chi connectivity index (χ4v) is 1.67. The van der Waals surface area contributed by atoms with Crippen LogP contribution in [0.15, 0.2) is 23.8 Å². The van der Waals surface area contributed by atoms with Crippen LogP contribution in [0.3, 0.4) is 0 Å². The molecule has 0 saturated carbocycles. The zero-order chi connectivity index (χ0) is 11.0. The first-order chi connectivity index (χ1) is 7.15. The molecule has 0 aliphatic carbocycles. The highest BCUT2D eigenvalue weighted by molar-refractivity contribution is 6.05. The quantitative estimate of drug-likeness (QED) is 0.659. The molecule has 3 heteroatoms. The van der Waals surface area contributed by atoms with E-state index in [1.807, 2.05) is 26.0 Å². The maximum atomic E-state index is 11.6. The van der Waals surface area contributed by atoms with Crippen molar-refractivity contribution in [1.29, 1.82) is 0 Å². The van der Waals surface area contributed by atoms with Gasteiger partial charge in [-0.25, -0.2) is 4.79 Å². The molecule has 1 aliphatic rings. The van der Waals surface area contributed by atoms with E-state index in [2.05, 4.69) is 0 Å². The molecule has 1 heterocycles. The van der Waals surface area contributed by atoms with Crippen LogP contribution in [0.2, 0.25) is 0 Å². The molecule has 1 aromatic carbocycles. The van der Waals surface area contributed by atoms with E-state index in [0.29, 0.717) is 17.1 Å². The molecule has 2 rings (SSSR count). The number of carbonyl (C=O) groups excluding carboxylic acids is 1. The average Bonchev–Trinajstić information content (AvgIpc) is 2.56. The number of hydrogen-bond acceptors (Lipinski definition) is 3. The molecule has 15 heavy (non-hydrogen) atoms. The molecule has 0 bridgehead atoms. The Bertz CT molecular complexity index is 454. The van der Waals surface area contributed by atoms with Crippen LogP contribution in [-0.4, -0.2) is 13.1 Å². The van der Waals surface area contributed by atoms with Crippen molar-refractivity contribution in [2.45, 2.75) is 13.8 Å². The summed E-state index contributed by atoms with van der Waals surface area (Å²) < 4.78 is 10.3. The average molecular weight is 204 g/mol. The molecular weight excluding hydrogens is 192 g/mol. The van der Waals surface area contributed by atoms with E-state index in [0.717, 1.165) is 11.1 Å². The van der Waals surface area contributed by atoms with Crippen LogP contribution in [0, 0.1) is 0 Å². The Hall–Kier alpha value is -1.77. The predicted molar refractivity (Wildman–Crippen MR) is 56.7 cm³/mol. The van der Waals surface area contributed by atoms with Crippen molar-refractivity contribution in [3.63, 3.8) is 0 Å². The second kappa shape index (κ2) is 3.42. The van der Waals surface area contributed by atoms with Crippen molar-refractivity contribution in [2.24, 2.45) is 0 Å². The van der Waals surface area contributed by atoms with Gasteiger partial charge >= 0.3 is 5.97 Å². The lowest BCUT2D eigenvalue weighted by atomic mass is 10.1. The molecule has 0 fully saturated rings. The summed E-state index contributed by atoms with van der Waals surface area (Å²) in [6.45, 7) is 3.83. The number of methoxy groups -OCH3 is 1. The lowest BCUT2D eigenvalue weighted by Crippen LogP contribution is -1.97. The second-order valence-electron chi connectivity index (χ2n) is 3.60. The Balaban J connectivity index is 2.70. The third-order valence-corrected chi connectivity index (χ3v) is 2.34. The smallest absolute Gasteiger partial charge is 0.348 e. The van der Waals surface area contributed by atoms with Gasteiger partial charge in [0.1, 0.15) is 17.1 Å². The Morgan fingerprint density at radius 2 is 2.07 bits per heavy atom. The van der Waals surface area contributed by atoms with Crippen molar-refractivity contribution in [3.05, 3.63) is 34.9 Å². The number of rotatable bonds is 1. The van der Waals surface area contributed by atoms with Gasteiger partial charge in [0.25, 0.3) is 0 Å². The van der Waals surface area contributed by atoms with Gasteiger partial charge in [-0.1, -0.05) is 12.1 Å². The summed E-state index contributed by atoms with van der Waals surface area (Å²) in [5, 5.41) is 0.